The number of hydrogen-bond donors (Lipinski definition) is 0. The van der Waals surface area contributed by atoms with Crippen LogP contribution in [0.5, 0.6) is 0 Å². The minimum atomic E-state index is -3.89. The predicted octanol–water partition coefficient (Wildman–Crippen LogP) is 1.01. The molecular weight excluding hydrogens is 262 g/mol. The molecule has 1 aromatic rings. The Labute approximate surface area is 104 Å². The van der Waals surface area contributed by atoms with E-state index < -0.39 is 15.0 Å². The Hall–Kier alpha value is -1.51. The molecule has 1 aliphatic rings. The Morgan fingerprint density at radius 3 is 2.72 bits per heavy atom. The molecule has 1 saturated heterocycles. The number of benzene rings is 1. The largest absolute Gasteiger partial charge is 0.371 e. The van der Waals surface area contributed by atoms with Gasteiger partial charge in [-0.25, -0.2) is 0 Å². The van der Waals surface area contributed by atoms with Crippen molar-refractivity contribution in [2.75, 3.05) is 13.2 Å². The molecule has 98 valence electrons. The van der Waals surface area contributed by atoms with Crippen LogP contribution in [0.3, 0.4) is 0 Å². The van der Waals surface area contributed by atoms with Crippen molar-refractivity contribution in [2.24, 2.45) is 0 Å². The van der Waals surface area contributed by atoms with Crippen molar-refractivity contribution in [1.82, 2.24) is 0 Å². The lowest BCUT2D eigenvalue weighted by Gasteiger charge is -2.06. The van der Waals surface area contributed by atoms with E-state index in [-0.39, 0.29) is 28.9 Å². The van der Waals surface area contributed by atoms with Gasteiger partial charge in [0, 0.05) is 12.1 Å². The molecule has 1 aliphatic heterocycles. The molecule has 1 atom stereocenters. The van der Waals surface area contributed by atoms with Crippen LogP contribution in [0.15, 0.2) is 23.1 Å². The summed E-state index contributed by atoms with van der Waals surface area (Å²) in [6.07, 6.45) is -0.168. The number of epoxide rings is 1. The van der Waals surface area contributed by atoms with Crippen molar-refractivity contribution in [3.05, 3.63) is 33.9 Å². The minimum Gasteiger partial charge on any atom is -0.371 e. The zero-order valence-corrected chi connectivity index (χ0v) is 10.3. The standard InChI is InChI=1S/C10H11NO6S/c1-7-4-8(11(12)13)2-3-10(7)18(14,15)17-6-9-5-16-9/h2-4,9H,5-6H2,1H3/t9-/m0/s1. The molecule has 0 radical (unpaired) electrons. The van der Waals surface area contributed by atoms with Gasteiger partial charge in [-0.1, -0.05) is 0 Å². The highest BCUT2D eigenvalue weighted by Gasteiger charge is 2.27. The Morgan fingerprint density at radius 2 is 2.22 bits per heavy atom. The maximum atomic E-state index is 11.8. The van der Waals surface area contributed by atoms with Crippen LogP contribution in [-0.2, 0) is 19.0 Å². The molecule has 1 heterocycles. The van der Waals surface area contributed by atoms with Crippen LogP contribution in [0, 0.1) is 17.0 Å². The predicted molar refractivity (Wildman–Crippen MR) is 60.7 cm³/mol. The molecular formula is C10H11NO6S. The summed E-state index contributed by atoms with van der Waals surface area (Å²) in [5.41, 5.74) is 0.123. The summed E-state index contributed by atoms with van der Waals surface area (Å²) in [5.74, 6) is 0. The van der Waals surface area contributed by atoms with Gasteiger partial charge >= 0.3 is 0 Å². The second-order valence-electron chi connectivity index (χ2n) is 3.90. The fourth-order valence-corrected chi connectivity index (χ4v) is 2.57. The zero-order chi connectivity index (χ0) is 13.3. The average Bonchev–Trinajstić information content (AvgIpc) is 3.09. The maximum Gasteiger partial charge on any atom is 0.297 e. The fourth-order valence-electron chi connectivity index (χ4n) is 1.42. The smallest absolute Gasteiger partial charge is 0.297 e. The lowest BCUT2D eigenvalue weighted by atomic mass is 10.2. The van der Waals surface area contributed by atoms with Crippen LogP contribution in [0.4, 0.5) is 5.69 Å². The van der Waals surface area contributed by atoms with Gasteiger partial charge in [0.15, 0.2) is 0 Å². The highest BCUT2D eigenvalue weighted by Crippen LogP contribution is 2.23. The number of nitro benzene ring substituents is 1. The molecule has 0 amide bonds. The van der Waals surface area contributed by atoms with Crippen LogP contribution >= 0.6 is 0 Å². The molecule has 0 bridgehead atoms. The van der Waals surface area contributed by atoms with E-state index in [4.69, 9.17) is 8.92 Å². The van der Waals surface area contributed by atoms with E-state index >= 15 is 0 Å². The van der Waals surface area contributed by atoms with Crippen molar-refractivity contribution >= 4 is 15.8 Å². The second-order valence-corrected chi connectivity index (χ2v) is 5.48. The molecule has 0 unspecified atom stereocenters. The summed E-state index contributed by atoms with van der Waals surface area (Å²) in [6, 6.07) is 3.51. The van der Waals surface area contributed by atoms with Crippen LogP contribution < -0.4 is 0 Å². The highest BCUT2D eigenvalue weighted by atomic mass is 32.2. The molecule has 1 fully saturated rings. The summed E-state index contributed by atoms with van der Waals surface area (Å²) in [6.45, 7) is 1.95. The van der Waals surface area contributed by atoms with Crippen LogP contribution in [-0.4, -0.2) is 32.7 Å². The van der Waals surface area contributed by atoms with Crippen LogP contribution in [0.1, 0.15) is 5.56 Å². The van der Waals surface area contributed by atoms with E-state index in [1.807, 2.05) is 0 Å². The first-order valence-electron chi connectivity index (χ1n) is 5.16. The number of nitro groups is 1. The van der Waals surface area contributed by atoms with Crippen molar-refractivity contribution in [1.29, 1.82) is 0 Å². The summed E-state index contributed by atoms with van der Waals surface area (Å²) >= 11 is 0. The fraction of sp³-hybridized carbons (Fsp3) is 0.400. The summed E-state index contributed by atoms with van der Waals surface area (Å²) in [7, 11) is -3.89. The zero-order valence-electron chi connectivity index (χ0n) is 9.53. The highest BCUT2D eigenvalue weighted by molar-refractivity contribution is 7.86. The number of aryl methyl sites for hydroxylation is 1. The van der Waals surface area contributed by atoms with Gasteiger partial charge in [0.05, 0.1) is 23.0 Å². The van der Waals surface area contributed by atoms with Gasteiger partial charge in [0.25, 0.3) is 15.8 Å². The van der Waals surface area contributed by atoms with Crippen molar-refractivity contribution in [3.8, 4) is 0 Å². The van der Waals surface area contributed by atoms with Gasteiger partial charge in [0.1, 0.15) is 6.10 Å². The molecule has 0 aromatic heterocycles. The van der Waals surface area contributed by atoms with Crippen molar-refractivity contribution in [2.45, 2.75) is 17.9 Å². The van der Waals surface area contributed by atoms with E-state index in [0.717, 1.165) is 6.07 Å². The van der Waals surface area contributed by atoms with E-state index in [0.29, 0.717) is 6.61 Å². The Balaban J connectivity index is 2.23. The summed E-state index contributed by atoms with van der Waals surface area (Å²) in [4.78, 5) is 9.90. The van der Waals surface area contributed by atoms with E-state index in [2.05, 4.69) is 0 Å². The van der Waals surface area contributed by atoms with Crippen LogP contribution in [0.25, 0.3) is 0 Å². The number of ether oxygens (including phenoxy) is 1. The third kappa shape index (κ3) is 2.84. The molecule has 7 nitrogen and oxygen atoms in total. The molecule has 1 aromatic carbocycles. The Morgan fingerprint density at radius 1 is 1.56 bits per heavy atom. The molecule has 0 N–H and O–H groups in total. The summed E-state index contributed by atoms with van der Waals surface area (Å²) < 4.78 is 33.3. The van der Waals surface area contributed by atoms with Gasteiger partial charge in [-0.15, -0.1) is 0 Å². The first-order valence-corrected chi connectivity index (χ1v) is 6.57. The van der Waals surface area contributed by atoms with Gasteiger partial charge in [-0.2, -0.15) is 8.42 Å². The van der Waals surface area contributed by atoms with Crippen molar-refractivity contribution < 1.29 is 22.3 Å². The number of non-ortho nitro benzene ring substituents is 1. The lowest BCUT2D eigenvalue weighted by molar-refractivity contribution is -0.385. The molecule has 8 heteroatoms. The maximum absolute atomic E-state index is 11.8. The first kappa shape index (κ1) is 12.9. The van der Waals surface area contributed by atoms with Crippen molar-refractivity contribution in [3.63, 3.8) is 0 Å². The Bertz CT molecular complexity index is 578. The monoisotopic (exact) mass is 273 g/mol. The van der Waals surface area contributed by atoms with Gasteiger partial charge in [-0.3, -0.25) is 14.3 Å². The SMILES string of the molecule is Cc1cc([N+](=O)[O-])ccc1S(=O)(=O)OC[C@@H]1CO1. The summed E-state index contributed by atoms with van der Waals surface area (Å²) in [5, 5.41) is 10.5. The normalized spacial score (nSPS) is 18.6. The molecule has 18 heavy (non-hydrogen) atoms. The quantitative estimate of drug-likeness (QED) is 0.343. The van der Waals surface area contributed by atoms with E-state index in [9.17, 15) is 18.5 Å². The van der Waals surface area contributed by atoms with Gasteiger partial charge in [-0.05, 0) is 18.6 Å². The van der Waals surface area contributed by atoms with E-state index in [1.54, 1.807) is 0 Å². The number of hydrogen-bond acceptors (Lipinski definition) is 6. The van der Waals surface area contributed by atoms with Gasteiger partial charge in [0.2, 0.25) is 0 Å². The molecule has 2 rings (SSSR count). The van der Waals surface area contributed by atoms with E-state index in [1.165, 1.54) is 19.1 Å². The lowest BCUT2D eigenvalue weighted by Crippen LogP contribution is -2.12. The Kier molecular flexibility index (Phi) is 3.33. The molecule has 0 saturated carbocycles. The molecule has 0 spiro atoms. The van der Waals surface area contributed by atoms with Gasteiger partial charge < -0.3 is 4.74 Å². The molecule has 0 aliphatic carbocycles. The topological polar surface area (TPSA) is 99.0 Å². The average molecular weight is 273 g/mol. The minimum absolute atomic E-state index is 0.0290. The number of nitrogens with zero attached hydrogens (tertiary/aromatic N) is 1. The first-order chi connectivity index (χ1) is 8.40. The second kappa shape index (κ2) is 4.63. The third-order valence-corrected chi connectivity index (χ3v) is 3.89. The van der Waals surface area contributed by atoms with Crippen LogP contribution in [0.2, 0.25) is 0 Å². The third-order valence-electron chi connectivity index (χ3n) is 2.45. The number of rotatable bonds is 5.